The van der Waals surface area contributed by atoms with E-state index >= 15 is 0 Å². The molecule has 2 aromatic carbocycles. The molecule has 0 N–H and O–H groups in total. The number of methoxy groups -OCH3 is 1. The third-order valence-electron chi connectivity index (χ3n) is 4.56. The van der Waals surface area contributed by atoms with Gasteiger partial charge in [0.15, 0.2) is 0 Å². The first-order chi connectivity index (χ1) is 11.8. The van der Waals surface area contributed by atoms with Crippen LogP contribution < -0.4 is 4.74 Å². The average molecular weight is 324 g/mol. The molecule has 0 aliphatic carbocycles. The van der Waals surface area contributed by atoms with Crippen molar-refractivity contribution in [3.05, 3.63) is 65.7 Å². The molecule has 1 heterocycles. The van der Waals surface area contributed by atoms with Crippen molar-refractivity contribution >= 4 is 5.91 Å². The molecule has 1 amide bonds. The quantitative estimate of drug-likeness (QED) is 0.848. The van der Waals surface area contributed by atoms with Crippen LogP contribution in [0.15, 0.2) is 54.6 Å². The predicted octanol–water partition coefficient (Wildman–Crippen LogP) is 2.70. The van der Waals surface area contributed by atoms with Gasteiger partial charge in [-0.05, 0) is 36.2 Å². The Bertz CT molecular complexity index is 647. The molecule has 1 saturated heterocycles. The molecule has 0 bridgehead atoms. The zero-order valence-electron chi connectivity index (χ0n) is 14.1. The van der Waals surface area contributed by atoms with Crippen molar-refractivity contribution in [3.63, 3.8) is 0 Å². The van der Waals surface area contributed by atoms with Crippen LogP contribution in [0.4, 0.5) is 0 Å². The molecule has 0 spiro atoms. The van der Waals surface area contributed by atoms with Gasteiger partial charge >= 0.3 is 0 Å². The highest BCUT2D eigenvalue weighted by Crippen LogP contribution is 2.13. The number of carbonyl (C=O) groups is 1. The molecule has 2 aromatic rings. The maximum Gasteiger partial charge on any atom is 0.253 e. The number of carbonyl (C=O) groups excluding carboxylic acids is 1. The van der Waals surface area contributed by atoms with Gasteiger partial charge in [0.2, 0.25) is 0 Å². The van der Waals surface area contributed by atoms with Gasteiger partial charge in [-0.2, -0.15) is 0 Å². The number of ether oxygens (including phenoxy) is 1. The minimum Gasteiger partial charge on any atom is -0.497 e. The van der Waals surface area contributed by atoms with Gasteiger partial charge in [0.25, 0.3) is 5.91 Å². The number of rotatable bonds is 5. The van der Waals surface area contributed by atoms with E-state index in [9.17, 15) is 4.79 Å². The van der Waals surface area contributed by atoms with Gasteiger partial charge in [-0.1, -0.05) is 30.3 Å². The minimum absolute atomic E-state index is 0.144. The highest BCUT2D eigenvalue weighted by atomic mass is 16.5. The van der Waals surface area contributed by atoms with E-state index in [1.807, 2.05) is 47.4 Å². The van der Waals surface area contributed by atoms with Crippen LogP contribution in [0, 0.1) is 0 Å². The monoisotopic (exact) mass is 324 g/mol. The van der Waals surface area contributed by atoms with E-state index in [2.05, 4.69) is 17.0 Å². The summed E-state index contributed by atoms with van der Waals surface area (Å²) in [4.78, 5) is 16.8. The van der Waals surface area contributed by atoms with Gasteiger partial charge in [-0.15, -0.1) is 0 Å². The third-order valence-corrected chi connectivity index (χ3v) is 4.56. The molecule has 1 fully saturated rings. The van der Waals surface area contributed by atoms with Gasteiger partial charge in [-0.25, -0.2) is 0 Å². The molecule has 4 nitrogen and oxygen atoms in total. The Hall–Kier alpha value is -2.33. The smallest absolute Gasteiger partial charge is 0.253 e. The van der Waals surface area contributed by atoms with Crippen LogP contribution in [0.2, 0.25) is 0 Å². The molecule has 0 unspecified atom stereocenters. The summed E-state index contributed by atoms with van der Waals surface area (Å²) < 4.78 is 5.19. The molecule has 0 radical (unpaired) electrons. The molecule has 0 saturated carbocycles. The largest absolute Gasteiger partial charge is 0.497 e. The number of benzene rings is 2. The normalized spacial score (nSPS) is 15.3. The summed E-state index contributed by atoms with van der Waals surface area (Å²) in [5.74, 6) is 1.04. The second kappa shape index (κ2) is 7.97. The SMILES string of the molecule is COc1ccc(CCN2CCN(C(=O)c3ccccc3)CC2)cc1. The molecule has 1 aliphatic heterocycles. The third kappa shape index (κ3) is 4.15. The van der Waals surface area contributed by atoms with E-state index in [1.54, 1.807) is 7.11 Å². The van der Waals surface area contributed by atoms with E-state index < -0.39 is 0 Å². The number of amides is 1. The predicted molar refractivity (Wildman–Crippen MR) is 95.5 cm³/mol. The first-order valence-corrected chi connectivity index (χ1v) is 8.46. The Kier molecular flexibility index (Phi) is 5.49. The average Bonchev–Trinajstić information content (AvgIpc) is 2.67. The van der Waals surface area contributed by atoms with Crippen molar-refractivity contribution < 1.29 is 9.53 Å². The zero-order valence-corrected chi connectivity index (χ0v) is 14.1. The number of piperazine rings is 1. The molecule has 126 valence electrons. The van der Waals surface area contributed by atoms with Crippen LogP contribution >= 0.6 is 0 Å². The minimum atomic E-state index is 0.144. The first kappa shape index (κ1) is 16.5. The highest BCUT2D eigenvalue weighted by molar-refractivity contribution is 5.94. The molecular formula is C20H24N2O2. The van der Waals surface area contributed by atoms with E-state index in [0.717, 1.165) is 50.5 Å². The Morgan fingerprint density at radius 1 is 0.958 bits per heavy atom. The van der Waals surface area contributed by atoms with Crippen molar-refractivity contribution in [2.75, 3.05) is 39.8 Å². The second-order valence-corrected chi connectivity index (χ2v) is 6.10. The number of hydrogen-bond donors (Lipinski definition) is 0. The topological polar surface area (TPSA) is 32.8 Å². The van der Waals surface area contributed by atoms with Gasteiger partial charge in [-0.3, -0.25) is 9.69 Å². The summed E-state index contributed by atoms with van der Waals surface area (Å²) in [5, 5.41) is 0. The Labute approximate surface area is 143 Å². The maximum atomic E-state index is 12.4. The van der Waals surface area contributed by atoms with E-state index in [0.29, 0.717) is 0 Å². The number of hydrogen-bond acceptors (Lipinski definition) is 3. The van der Waals surface area contributed by atoms with Crippen molar-refractivity contribution in [2.45, 2.75) is 6.42 Å². The van der Waals surface area contributed by atoms with Crippen LogP contribution in [0.3, 0.4) is 0 Å². The Balaban J connectivity index is 1.45. The molecule has 0 aromatic heterocycles. The summed E-state index contributed by atoms with van der Waals surface area (Å²) in [5.41, 5.74) is 2.10. The lowest BCUT2D eigenvalue weighted by Crippen LogP contribution is -2.49. The molecule has 1 aliphatic rings. The van der Waals surface area contributed by atoms with E-state index in [4.69, 9.17) is 4.74 Å². The van der Waals surface area contributed by atoms with Gasteiger partial charge in [0.1, 0.15) is 5.75 Å². The van der Waals surface area contributed by atoms with Crippen LogP contribution in [-0.2, 0) is 6.42 Å². The van der Waals surface area contributed by atoms with Gasteiger partial charge < -0.3 is 9.64 Å². The summed E-state index contributed by atoms with van der Waals surface area (Å²) in [7, 11) is 1.69. The molecule has 0 atom stereocenters. The van der Waals surface area contributed by atoms with E-state index in [1.165, 1.54) is 5.56 Å². The van der Waals surface area contributed by atoms with Gasteiger partial charge in [0.05, 0.1) is 7.11 Å². The lowest BCUT2D eigenvalue weighted by molar-refractivity contribution is 0.0638. The van der Waals surface area contributed by atoms with Gasteiger partial charge in [0, 0.05) is 38.3 Å². The maximum absolute atomic E-state index is 12.4. The van der Waals surface area contributed by atoms with Crippen molar-refractivity contribution in [2.24, 2.45) is 0 Å². The van der Waals surface area contributed by atoms with Crippen molar-refractivity contribution in [1.29, 1.82) is 0 Å². The van der Waals surface area contributed by atoms with Crippen LogP contribution in [0.1, 0.15) is 15.9 Å². The highest BCUT2D eigenvalue weighted by Gasteiger charge is 2.21. The van der Waals surface area contributed by atoms with Crippen molar-refractivity contribution in [1.82, 2.24) is 9.80 Å². The van der Waals surface area contributed by atoms with Crippen LogP contribution in [-0.4, -0.2) is 55.5 Å². The first-order valence-electron chi connectivity index (χ1n) is 8.46. The lowest BCUT2D eigenvalue weighted by atomic mass is 10.1. The van der Waals surface area contributed by atoms with Crippen LogP contribution in [0.25, 0.3) is 0 Å². The zero-order chi connectivity index (χ0) is 16.8. The summed E-state index contributed by atoms with van der Waals surface area (Å²) in [6.07, 6.45) is 1.02. The molecular weight excluding hydrogens is 300 g/mol. The molecule has 3 rings (SSSR count). The Morgan fingerprint density at radius 3 is 2.25 bits per heavy atom. The lowest BCUT2D eigenvalue weighted by Gasteiger charge is -2.34. The van der Waals surface area contributed by atoms with Crippen molar-refractivity contribution in [3.8, 4) is 5.75 Å². The summed E-state index contributed by atoms with van der Waals surface area (Å²) in [6, 6.07) is 17.8. The fraction of sp³-hybridized carbons (Fsp3) is 0.350. The summed E-state index contributed by atoms with van der Waals surface area (Å²) >= 11 is 0. The summed E-state index contributed by atoms with van der Waals surface area (Å²) in [6.45, 7) is 4.51. The van der Waals surface area contributed by atoms with E-state index in [-0.39, 0.29) is 5.91 Å². The standard InChI is InChI=1S/C20H24N2O2/c1-24-19-9-7-17(8-10-19)11-12-21-13-15-22(16-14-21)20(23)18-5-3-2-4-6-18/h2-10H,11-16H2,1H3. The second-order valence-electron chi connectivity index (χ2n) is 6.10. The van der Waals surface area contributed by atoms with Crippen LogP contribution in [0.5, 0.6) is 5.75 Å². The fourth-order valence-electron chi connectivity index (χ4n) is 3.02. The molecule has 24 heavy (non-hydrogen) atoms. The molecule has 4 heteroatoms. The fourth-order valence-corrected chi connectivity index (χ4v) is 3.02. The Morgan fingerprint density at radius 2 is 1.62 bits per heavy atom. The number of nitrogens with zero attached hydrogens (tertiary/aromatic N) is 2.